The standard InChI is InChI=1S/C15H22ClFN2/c1-2-3-11-4-5-19(10-11)15(9-18)12-6-13(16)8-14(17)7-12/h6-8,11,15H,2-5,9-10,18H2,1H3. The highest BCUT2D eigenvalue weighted by atomic mass is 35.5. The second-order valence-electron chi connectivity index (χ2n) is 5.39. The summed E-state index contributed by atoms with van der Waals surface area (Å²) in [5, 5.41) is 0.442. The lowest BCUT2D eigenvalue weighted by atomic mass is 10.0. The highest BCUT2D eigenvalue weighted by Gasteiger charge is 2.28. The van der Waals surface area contributed by atoms with E-state index in [-0.39, 0.29) is 11.9 Å². The van der Waals surface area contributed by atoms with Gasteiger partial charge in [-0.05, 0) is 49.1 Å². The van der Waals surface area contributed by atoms with Crippen molar-refractivity contribution in [2.24, 2.45) is 11.7 Å². The van der Waals surface area contributed by atoms with E-state index in [4.69, 9.17) is 17.3 Å². The molecule has 1 aliphatic rings. The second kappa shape index (κ2) is 6.69. The van der Waals surface area contributed by atoms with Crippen molar-refractivity contribution in [1.29, 1.82) is 0 Å². The van der Waals surface area contributed by atoms with E-state index in [0.29, 0.717) is 11.6 Å². The van der Waals surface area contributed by atoms with Crippen molar-refractivity contribution in [3.63, 3.8) is 0 Å². The van der Waals surface area contributed by atoms with Crippen LogP contribution in [0.3, 0.4) is 0 Å². The molecule has 2 N–H and O–H groups in total. The van der Waals surface area contributed by atoms with Gasteiger partial charge >= 0.3 is 0 Å². The first kappa shape index (κ1) is 14.8. The zero-order valence-electron chi connectivity index (χ0n) is 11.4. The molecule has 0 aliphatic carbocycles. The Morgan fingerprint density at radius 3 is 2.89 bits per heavy atom. The van der Waals surface area contributed by atoms with Gasteiger partial charge in [0.15, 0.2) is 0 Å². The van der Waals surface area contributed by atoms with Crippen LogP contribution in [0.5, 0.6) is 0 Å². The number of rotatable bonds is 5. The lowest BCUT2D eigenvalue weighted by Crippen LogP contribution is -2.32. The first-order valence-corrected chi connectivity index (χ1v) is 7.42. The molecule has 0 radical (unpaired) electrons. The Kier molecular flexibility index (Phi) is 5.20. The van der Waals surface area contributed by atoms with Gasteiger partial charge in [0.1, 0.15) is 5.82 Å². The van der Waals surface area contributed by atoms with E-state index >= 15 is 0 Å². The lowest BCUT2D eigenvalue weighted by Gasteiger charge is -2.27. The van der Waals surface area contributed by atoms with Crippen molar-refractivity contribution in [3.8, 4) is 0 Å². The molecule has 2 rings (SSSR count). The number of halogens is 2. The summed E-state index contributed by atoms with van der Waals surface area (Å²) in [7, 11) is 0. The Morgan fingerprint density at radius 1 is 1.47 bits per heavy atom. The minimum atomic E-state index is -0.287. The summed E-state index contributed by atoms with van der Waals surface area (Å²) in [6, 6.07) is 4.80. The molecule has 2 nitrogen and oxygen atoms in total. The van der Waals surface area contributed by atoms with Crippen LogP contribution in [0, 0.1) is 11.7 Å². The van der Waals surface area contributed by atoms with Crippen molar-refractivity contribution in [2.45, 2.75) is 32.2 Å². The maximum absolute atomic E-state index is 13.5. The molecule has 1 fully saturated rings. The minimum absolute atomic E-state index is 0.0788. The molecule has 4 heteroatoms. The number of nitrogens with two attached hydrogens (primary N) is 1. The third-order valence-electron chi connectivity index (χ3n) is 3.95. The zero-order chi connectivity index (χ0) is 13.8. The van der Waals surface area contributed by atoms with Gasteiger partial charge in [-0.3, -0.25) is 4.90 Å². The van der Waals surface area contributed by atoms with E-state index < -0.39 is 0 Å². The molecule has 1 heterocycles. The smallest absolute Gasteiger partial charge is 0.125 e. The van der Waals surface area contributed by atoms with Crippen molar-refractivity contribution >= 4 is 11.6 Å². The Balaban J connectivity index is 2.12. The van der Waals surface area contributed by atoms with E-state index in [1.807, 2.05) is 6.07 Å². The highest BCUT2D eigenvalue weighted by Crippen LogP contribution is 2.30. The molecule has 19 heavy (non-hydrogen) atoms. The van der Waals surface area contributed by atoms with E-state index in [0.717, 1.165) is 24.6 Å². The van der Waals surface area contributed by atoms with E-state index in [9.17, 15) is 4.39 Å². The third-order valence-corrected chi connectivity index (χ3v) is 4.17. The SMILES string of the molecule is CCCC1CCN(C(CN)c2cc(F)cc(Cl)c2)C1. The number of hydrogen-bond donors (Lipinski definition) is 1. The Labute approximate surface area is 119 Å². The van der Waals surface area contributed by atoms with Gasteiger partial charge in [0.25, 0.3) is 0 Å². The van der Waals surface area contributed by atoms with Crippen LogP contribution in [0.2, 0.25) is 5.02 Å². The van der Waals surface area contributed by atoms with Crippen molar-refractivity contribution in [1.82, 2.24) is 4.90 Å². The lowest BCUT2D eigenvalue weighted by molar-refractivity contribution is 0.239. The fourth-order valence-electron chi connectivity index (χ4n) is 3.05. The monoisotopic (exact) mass is 284 g/mol. The predicted molar refractivity (Wildman–Crippen MR) is 77.8 cm³/mol. The summed E-state index contributed by atoms with van der Waals surface area (Å²) in [5.41, 5.74) is 6.79. The quantitative estimate of drug-likeness (QED) is 0.895. The number of hydrogen-bond acceptors (Lipinski definition) is 2. The summed E-state index contributed by atoms with van der Waals surface area (Å²) < 4.78 is 13.5. The van der Waals surface area contributed by atoms with E-state index in [1.54, 1.807) is 6.07 Å². The molecule has 1 aromatic rings. The molecule has 2 unspecified atom stereocenters. The predicted octanol–water partition coefficient (Wildman–Crippen LogP) is 3.60. The molecular weight excluding hydrogens is 263 g/mol. The molecule has 0 spiro atoms. The number of benzene rings is 1. The molecule has 0 saturated carbocycles. The number of likely N-dealkylation sites (tertiary alicyclic amines) is 1. The highest BCUT2D eigenvalue weighted by molar-refractivity contribution is 6.30. The van der Waals surface area contributed by atoms with Crippen LogP contribution in [-0.4, -0.2) is 24.5 Å². The van der Waals surface area contributed by atoms with Crippen LogP contribution in [-0.2, 0) is 0 Å². The van der Waals surface area contributed by atoms with Gasteiger partial charge in [-0.25, -0.2) is 4.39 Å². The van der Waals surface area contributed by atoms with E-state index in [1.165, 1.54) is 25.3 Å². The summed E-state index contributed by atoms with van der Waals surface area (Å²) in [4.78, 5) is 2.37. The van der Waals surface area contributed by atoms with Gasteiger partial charge in [0, 0.05) is 24.2 Å². The Bertz CT molecular complexity index is 404. The van der Waals surface area contributed by atoms with Crippen LogP contribution in [0.1, 0.15) is 37.8 Å². The maximum Gasteiger partial charge on any atom is 0.125 e. The molecular formula is C15H22ClFN2. The topological polar surface area (TPSA) is 29.3 Å². The fraction of sp³-hybridized carbons (Fsp3) is 0.600. The minimum Gasteiger partial charge on any atom is -0.329 e. The molecule has 0 amide bonds. The van der Waals surface area contributed by atoms with Crippen LogP contribution in [0.25, 0.3) is 0 Å². The molecule has 0 bridgehead atoms. The average molecular weight is 285 g/mol. The zero-order valence-corrected chi connectivity index (χ0v) is 12.2. The summed E-state index contributed by atoms with van der Waals surface area (Å²) in [6.45, 7) is 4.82. The van der Waals surface area contributed by atoms with Crippen molar-refractivity contribution < 1.29 is 4.39 Å². The molecule has 2 atom stereocenters. The largest absolute Gasteiger partial charge is 0.329 e. The van der Waals surface area contributed by atoms with Crippen LogP contribution in [0.4, 0.5) is 4.39 Å². The summed E-state index contributed by atoms with van der Waals surface area (Å²) in [6.07, 6.45) is 3.70. The van der Waals surface area contributed by atoms with Crippen LogP contribution in [0.15, 0.2) is 18.2 Å². The van der Waals surface area contributed by atoms with Gasteiger partial charge in [-0.2, -0.15) is 0 Å². The Hall–Kier alpha value is -0.640. The van der Waals surface area contributed by atoms with Crippen molar-refractivity contribution in [3.05, 3.63) is 34.6 Å². The second-order valence-corrected chi connectivity index (χ2v) is 5.83. The van der Waals surface area contributed by atoms with Gasteiger partial charge in [0.05, 0.1) is 0 Å². The van der Waals surface area contributed by atoms with Crippen molar-refractivity contribution in [2.75, 3.05) is 19.6 Å². The normalized spacial score (nSPS) is 21.8. The van der Waals surface area contributed by atoms with Crippen LogP contribution < -0.4 is 5.73 Å². The molecule has 1 aromatic carbocycles. The Morgan fingerprint density at radius 2 is 2.26 bits per heavy atom. The van der Waals surface area contributed by atoms with E-state index in [2.05, 4.69) is 11.8 Å². The summed E-state index contributed by atoms with van der Waals surface area (Å²) >= 11 is 5.94. The summed E-state index contributed by atoms with van der Waals surface area (Å²) in [5.74, 6) is 0.466. The third kappa shape index (κ3) is 3.68. The average Bonchev–Trinajstić information content (AvgIpc) is 2.78. The van der Waals surface area contributed by atoms with Gasteiger partial charge < -0.3 is 5.73 Å². The van der Waals surface area contributed by atoms with Gasteiger partial charge in [-0.15, -0.1) is 0 Å². The van der Waals surface area contributed by atoms with Crippen LogP contribution >= 0.6 is 11.6 Å². The number of nitrogens with zero attached hydrogens (tertiary/aromatic N) is 1. The first-order valence-electron chi connectivity index (χ1n) is 7.04. The maximum atomic E-state index is 13.5. The molecule has 1 aliphatic heterocycles. The molecule has 0 aromatic heterocycles. The van der Waals surface area contributed by atoms with Gasteiger partial charge in [0.2, 0.25) is 0 Å². The first-order chi connectivity index (χ1) is 9.13. The van der Waals surface area contributed by atoms with Gasteiger partial charge in [-0.1, -0.05) is 24.9 Å². The molecule has 1 saturated heterocycles. The fourth-order valence-corrected chi connectivity index (χ4v) is 3.28. The molecule has 106 valence electrons.